The van der Waals surface area contributed by atoms with Crippen molar-refractivity contribution in [2.45, 2.75) is 6.42 Å². The van der Waals surface area contributed by atoms with Crippen LogP contribution in [-0.4, -0.2) is 23.3 Å². The van der Waals surface area contributed by atoms with Crippen LogP contribution in [-0.2, 0) is 0 Å². The molecule has 0 aliphatic rings. The highest BCUT2D eigenvalue weighted by molar-refractivity contribution is 7.25. The number of benzene rings is 1. The molecule has 1 N–H and O–H groups in total. The highest BCUT2D eigenvalue weighted by Gasteiger charge is 2.07. The van der Waals surface area contributed by atoms with Gasteiger partial charge in [0.05, 0.1) is 21.7 Å². The van der Waals surface area contributed by atoms with E-state index in [0.717, 1.165) is 21.0 Å². The van der Waals surface area contributed by atoms with Gasteiger partial charge in [0.25, 0.3) is 0 Å². The minimum atomic E-state index is 0.158. The molecule has 0 fully saturated rings. The van der Waals surface area contributed by atoms with Gasteiger partial charge in [-0.15, -0.1) is 22.7 Å². The largest absolute Gasteiger partial charge is 0.493 e. The Labute approximate surface area is 119 Å². The quantitative estimate of drug-likeness (QED) is 0.727. The summed E-state index contributed by atoms with van der Waals surface area (Å²) >= 11 is 3.38. The first-order valence-electron chi connectivity index (χ1n) is 6.05. The number of aliphatic hydroxyl groups is 1. The lowest BCUT2D eigenvalue weighted by Gasteiger charge is -2.03. The molecule has 0 bridgehead atoms. The van der Waals surface area contributed by atoms with Crippen LogP contribution in [0.25, 0.3) is 20.1 Å². The molecule has 3 rings (SSSR count). The van der Waals surface area contributed by atoms with Crippen molar-refractivity contribution < 1.29 is 9.84 Å². The van der Waals surface area contributed by atoms with Gasteiger partial charge in [0.1, 0.15) is 10.8 Å². The SMILES string of the molecule is OCCCOc1ccc2nc(-c3cccs3)sc2c1. The van der Waals surface area contributed by atoms with Crippen molar-refractivity contribution in [3.8, 4) is 15.6 Å². The van der Waals surface area contributed by atoms with E-state index in [1.54, 1.807) is 22.7 Å². The van der Waals surface area contributed by atoms with Crippen LogP contribution in [0.15, 0.2) is 35.7 Å². The zero-order chi connectivity index (χ0) is 13.1. The Morgan fingerprint density at radius 2 is 2.21 bits per heavy atom. The van der Waals surface area contributed by atoms with Gasteiger partial charge in [-0.3, -0.25) is 0 Å². The average Bonchev–Trinajstić information content (AvgIpc) is 3.07. The average molecular weight is 291 g/mol. The van der Waals surface area contributed by atoms with Crippen molar-refractivity contribution >= 4 is 32.9 Å². The maximum Gasteiger partial charge on any atom is 0.134 e. The second-order valence-electron chi connectivity index (χ2n) is 4.05. The fraction of sp³-hybridized carbons (Fsp3) is 0.214. The summed E-state index contributed by atoms with van der Waals surface area (Å²) in [6.07, 6.45) is 0.654. The molecule has 3 nitrogen and oxygen atoms in total. The molecule has 19 heavy (non-hydrogen) atoms. The predicted octanol–water partition coefficient (Wildman–Crippen LogP) is 3.79. The zero-order valence-corrected chi connectivity index (χ0v) is 11.8. The summed E-state index contributed by atoms with van der Waals surface area (Å²) in [4.78, 5) is 5.82. The normalized spacial score (nSPS) is 11.0. The molecule has 3 aromatic rings. The third-order valence-corrected chi connectivity index (χ3v) is 4.72. The van der Waals surface area contributed by atoms with Crippen LogP contribution < -0.4 is 4.74 Å². The zero-order valence-electron chi connectivity index (χ0n) is 10.2. The van der Waals surface area contributed by atoms with Crippen LogP contribution in [0.3, 0.4) is 0 Å². The smallest absolute Gasteiger partial charge is 0.134 e. The number of hydrogen-bond acceptors (Lipinski definition) is 5. The number of nitrogens with zero attached hydrogens (tertiary/aromatic N) is 1. The molecule has 0 radical (unpaired) electrons. The third-order valence-electron chi connectivity index (χ3n) is 2.66. The van der Waals surface area contributed by atoms with Crippen LogP contribution >= 0.6 is 22.7 Å². The first-order valence-corrected chi connectivity index (χ1v) is 7.74. The molecular weight excluding hydrogens is 278 g/mol. The van der Waals surface area contributed by atoms with E-state index in [1.807, 2.05) is 24.3 Å². The van der Waals surface area contributed by atoms with E-state index in [1.165, 1.54) is 4.88 Å². The number of hydrogen-bond donors (Lipinski definition) is 1. The minimum absolute atomic E-state index is 0.158. The minimum Gasteiger partial charge on any atom is -0.493 e. The molecular formula is C14H13NO2S2. The number of thiophene rings is 1. The van der Waals surface area contributed by atoms with E-state index in [4.69, 9.17) is 9.84 Å². The van der Waals surface area contributed by atoms with E-state index in [0.29, 0.717) is 13.0 Å². The van der Waals surface area contributed by atoms with E-state index < -0.39 is 0 Å². The number of ether oxygens (including phenoxy) is 1. The summed E-state index contributed by atoms with van der Waals surface area (Å²) in [6, 6.07) is 10.0. The summed E-state index contributed by atoms with van der Waals surface area (Å²) in [5, 5.41) is 11.9. The molecule has 2 aromatic heterocycles. The topological polar surface area (TPSA) is 42.4 Å². The molecule has 0 aliphatic heterocycles. The van der Waals surface area contributed by atoms with Crippen molar-refractivity contribution in [3.05, 3.63) is 35.7 Å². The first kappa shape index (κ1) is 12.6. The Morgan fingerprint density at radius 1 is 1.26 bits per heavy atom. The van der Waals surface area contributed by atoms with Crippen molar-refractivity contribution in [3.63, 3.8) is 0 Å². The summed E-state index contributed by atoms with van der Waals surface area (Å²) in [5.74, 6) is 0.835. The fourth-order valence-corrected chi connectivity index (χ4v) is 3.55. The predicted molar refractivity (Wildman–Crippen MR) is 80.1 cm³/mol. The van der Waals surface area contributed by atoms with Crippen LogP contribution in [0, 0.1) is 0 Å². The maximum absolute atomic E-state index is 8.74. The first-order chi connectivity index (χ1) is 9.36. The highest BCUT2D eigenvalue weighted by Crippen LogP contribution is 2.34. The number of thiazole rings is 1. The van der Waals surface area contributed by atoms with Crippen LogP contribution in [0.1, 0.15) is 6.42 Å². The van der Waals surface area contributed by atoms with Crippen LogP contribution in [0.4, 0.5) is 0 Å². The Kier molecular flexibility index (Phi) is 3.77. The lowest BCUT2D eigenvalue weighted by molar-refractivity contribution is 0.234. The van der Waals surface area contributed by atoms with E-state index in [2.05, 4.69) is 16.4 Å². The van der Waals surface area contributed by atoms with Crippen molar-refractivity contribution in [1.29, 1.82) is 0 Å². The van der Waals surface area contributed by atoms with Gasteiger partial charge >= 0.3 is 0 Å². The molecule has 0 saturated carbocycles. The number of fused-ring (bicyclic) bond motifs is 1. The van der Waals surface area contributed by atoms with Crippen molar-refractivity contribution in [2.75, 3.05) is 13.2 Å². The standard InChI is InChI=1S/C14H13NO2S2/c16-6-2-7-17-10-4-5-11-13(9-10)19-14(15-11)12-3-1-8-18-12/h1,3-5,8-9,16H,2,6-7H2. The number of rotatable bonds is 5. The Balaban J connectivity index is 1.87. The number of aromatic nitrogens is 1. The lowest BCUT2D eigenvalue weighted by atomic mass is 10.3. The summed E-state index contributed by atoms with van der Waals surface area (Å²) < 4.78 is 6.71. The van der Waals surface area contributed by atoms with Crippen molar-refractivity contribution in [2.24, 2.45) is 0 Å². The van der Waals surface area contributed by atoms with Gasteiger partial charge in [-0.2, -0.15) is 0 Å². The molecule has 1 aromatic carbocycles. The molecule has 0 aliphatic carbocycles. The highest BCUT2D eigenvalue weighted by atomic mass is 32.1. The van der Waals surface area contributed by atoms with Gasteiger partial charge in [-0.1, -0.05) is 6.07 Å². The van der Waals surface area contributed by atoms with Crippen LogP contribution in [0.2, 0.25) is 0 Å². The van der Waals surface area contributed by atoms with Crippen LogP contribution in [0.5, 0.6) is 5.75 Å². The van der Waals surface area contributed by atoms with Gasteiger partial charge in [0, 0.05) is 13.0 Å². The monoisotopic (exact) mass is 291 g/mol. The summed E-state index contributed by atoms with van der Waals surface area (Å²) in [5.41, 5.74) is 1.00. The van der Waals surface area contributed by atoms with Crippen molar-refractivity contribution in [1.82, 2.24) is 4.98 Å². The van der Waals surface area contributed by atoms with Gasteiger partial charge in [0.15, 0.2) is 0 Å². The van der Waals surface area contributed by atoms with Gasteiger partial charge < -0.3 is 9.84 Å². The van der Waals surface area contributed by atoms with Gasteiger partial charge in [-0.25, -0.2) is 4.98 Å². The molecule has 0 unspecified atom stereocenters. The van der Waals surface area contributed by atoms with E-state index in [9.17, 15) is 0 Å². The van der Waals surface area contributed by atoms with Gasteiger partial charge in [-0.05, 0) is 29.6 Å². The molecule has 0 amide bonds. The fourth-order valence-electron chi connectivity index (χ4n) is 1.75. The molecule has 0 saturated heterocycles. The Bertz CT molecular complexity index is 661. The molecule has 0 atom stereocenters. The molecule has 5 heteroatoms. The molecule has 0 spiro atoms. The number of aliphatic hydroxyl groups excluding tert-OH is 1. The second-order valence-corrected chi connectivity index (χ2v) is 6.03. The van der Waals surface area contributed by atoms with Gasteiger partial charge in [0.2, 0.25) is 0 Å². The lowest BCUT2D eigenvalue weighted by Crippen LogP contribution is -1.99. The van der Waals surface area contributed by atoms with E-state index >= 15 is 0 Å². The van der Waals surface area contributed by atoms with E-state index in [-0.39, 0.29) is 6.61 Å². The maximum atomic E-state index is 8.74. The summed E-state index contributed by atoms with van der Waals surface area (Å²) in [6.45, 7) is 0.698. The Morgan fingerprint density at radius 3 is 3.00 bits per heavy atom. The third kappa shape index (κ3) is 2.78. The summed E-state index contributed by atoms with van der Waals surface area (Å²) in [7, 11) is 0. The molecule has 2 heterocycles. The Hall–Kier alpha value is -1.43. The molecule has 98 valence electrons. The second kappa shape index (κ2) is 5.69.